The van der Waals surface area contributed by atoms with Gasteiger partial charge in [0.25, 0.3) is 0 Å². The third kappa shape index (κ3) is 2.33. The van der Waals surface area contributed by atoms with Gasteiger partial charge in [-0.15, -0.1) is 0 Å². The zero-order valence-electron chi connectivity index (χ0n) is 9.67. The van der Waals surface area contributed by atoms with Gasteiger partial charge in [0.15, 0.2) is 0 Å². The van der Waals surface area contributed by atoms with Gasteiger partial charge in [0.2, 0.25) is 0 Å². The van der Waals surface area contributed by atoms with Crippen LogP contribution in [-0.4, -0.2) is 9.78 Å². The van der Waals surface area contributed by atoms with E-state index < -0.39 is 0 Å². The van der Waals surface area contributed by atoms with E-state index in [-0.39, 0.29) is 0 Å². The van der Waals surface area contributed by atoms with Crippen molar-refractivity contribution >= 4 is 33.2 Å². The van der Waals surface area contributed by atoms with Crippen molar-refractivity contribution in [1.29, 1.82) is 0 Å². The Balaban J connectivity index is 2.38. The first kappa shape index (κ1) is 12.5. The van der Waals surface area contributed by atoms with E-state index in [2.05, 4.69) is 21.0 Å². The second-order valence-electron chi connectivity index (χ2n) is 3.96. The molecule has 2 aromatic rings. The van der Waals surface area contributed by atoms with Crippen molar-refractivity contribution in [3.63, 3.8) is 0 Å². The fourth-order valence-corrected chi connectivity index (χ4v) is 2.24. The van der Waals surface area contributed by atoms with Gasteiger partial charge in [0.1, 0.15) is 0 Å². The first-order chi connectivity index (χ1) is 8.00. The van der Waals surface area contributed by atoms with E-state index in [0.717, 1.165) is 32.1 Å². The molecule has 0 aliphatic rings. The molecule has 0 bridgehead atoms. The highest BCUT2D eigenvalue weighted by molar-refractivity contribution is 9.10. The summed E-state index contributed by atoms with van der Waals surface area (Å²) in [7, 11) is 0. The topological polar surface area (TPSA) is 43.8 Å². The third-order valence-electron chi connectivity index (χ3n) is 2.72. The van der Waals surface area contributed by atoms with Gasteiger partial charge in [-0.25, -0.2) is 0 Å². The Morgan fingerprint density at radius 3 is 2.71 bits per heavy atom. The lowest BCUT2D eigenvalue weighted by atomic mass is 10.2. The van der Waals surface area contributed by atoms with E-state index in [0.29, 0.717) is 6.54 Å². The summed E-state index contributed by atoms with van der Waals surface area (Å²) in [6.07, 6.45) is 0. The number of anilines is 1. The number of benzene rings is 1. The molecule has 0 aliphatic heterocycles. The Bertz CT molecular complexity index is 563. The summed E-state index contributed by atoms with van der Waals surface area (Å²) >= 11 is 9.60. The second kappa shape index (κ2) is 4.70. The zero-order chi connectivity index (χ0) is 12.6. The minimum Gasteiger partial charge on any atom is -0.398 e. The molecule has 1 aromatic heterocycles. The van der Waals surface area contributed by atoms with Crippen molar-refractivity contribution in [3.05, 3.63) is 44.6 Å². The lowest BCUT2D eigenvalue weighted by molar-refractivity contribution is 0.657. The van der Waals surface area contributed by atoms with Crippen LogP contribution in [0.25, 0.3) is 0 Å². The summed E-state index contributed by atoms with van der Waals surface area (Å²) in [4.78, 5) is 0. The standard InChI is InChI=1S/C12H13BrClN3/c1-7-12(14)8(2)17(16-7)6-9-4-3-5-10(15)11(9)13/h3-5H,6,15H2,1-2H3. The van der Waals surface area contributed by atoms with Crippen LogP contribution in [-0.2, 0) is 6.54 Å². The van der Waals surface area contributed by atoms with Gasteiger partial charge in [-0.2, -0.15) is 5.10 Å². The number of nitrogens with two attached hydrogens (primary N) is 1. The molecule has 0 radical (unpaired) electrons. The SMILES string of the molecule is Cc1nn(Cc2cccc(N)c2Br)c(C)c1Cl. The summed E-state index contributed by atoms with van der Waals surface area (Å²) in [6, 6.07) is 5.81. The molecule has 2 rings (SSSR count). The quantitative estimate of drug-likeness (QED) is 0.862. The van der Waals surface area contributed by atoms with Crippen molar-refractivity contribution in [2.45, 2.75) is 20.4 Å². The van der Waals surface area contributed by atoms with E-state index in [4.69, 9.17) is 17.3 Å². The van der Waals surface area contributed by atoms with Crippen LogP contribution in [0.4, 0.5) is 5.69 Å². The molecular formula is C12H13BrClN3. The van der Waals surface area contributed by atoms with Crippen LogP contribution in [0.5, 0.6) is 0 Å². The number of nitrogen functional groups attached to an aromatic ring is 1. The summed E-state index contributed by atoms with van der Waals surface area (Å²) in [5.41, 5.74) is 9.49. The van der Waals surface area contributed by atoms with Crippen LogP contribution in [0.1, 0.15) is 17.0 Å². The fourth-order valence-electron chi connectivity index (χ4n) is 1.71. The molecule has 0 amide bonds. The maximum absolute atomic E-state index is 6.12. The predicted molar refractivity (Wildman–Crippen MR) is 74.4 cm³/mol. The maximum Gasteiger partial charge on any atom is 0.0844 e. The lowest BCUT2D eigenvalue weighted by Crippen LogP contribution is -2.05. The molecule has 17 heavy (non-hydrogen) atoms. The number of halogens is 2. The number of hydrogen-bond donors (Lipinski definition) is 1. The highest BCUT2D eigenvalue weighted by Gasteiger charge is 2.11. The summed E-state index contributed by atoms with van der Waals surface area (Å²) in [5, 5.41) is 5.13. The maximum atomic E-state index is 6.12. The van der Waals surface area contributed by atoms with Gasteiger partial charge in [-0.05, 0) is 41.4 Å². The third-order valence-corrected chi connectivity index (χ3v) is 4.24. The van der Waals surface area contributed by atoms with Gasteiger partial charge in [-0.1, -0.05) is 23.7 Å². The second-order valence-corrected chi connectivity index (χ2v) is 5.13. The van der Waals surface area contributed by atoms with Gasteiger partial charge in [0, 0.05) is 10.2 Å². The van der Waals surface area contributed by atoms with Crippen molar-refractivity contribution in [1.82, 2.24) is 9.78 Å². The fraction of sp³-hybridized carbons (Fsp3) is 0.250. The molecule has 0 spiro atoms. The first-order valence-electron chi connectivity index (χ1n) is 5.23. The van der Waals surface area contributed by atoms with Crippen LogP contribution in [0.3, 0.4) is 0 Å². The predicted octanol–water partition coefficient (Wildman–Crippen LogP) is 3.55. The van der Waals surface area contributed by atoms with E-state index in [9.17, 15) is 0 Å². The molecular weight excluding hydrogens is 302 g/mol. The molecule has 5 heteroatoms. The molecule has 1 heterocycles. The van der Waals surface area contributed by atoms with Crippen molar-refractivity contribution < 1.29 is 0 Å². The minimum atomic E-state index is 0.658. The average molecular weight is 315 g/mol. The molecule has 0 saturated heterocycles. The van der Waals surface area contributed by atoms with Crippen molar-refractivity contribution in [3.8, 4) is 0 Å². The molecule has 0 unspecified atom stereocenters. The Kier molecular flexibility index (Phi) is 3.45. The highest BCUT2D eigenvalue weighted by Crippen LogP contribution is 2.26. The average Bonchev–Trinajstić information content (AvgIpc) is 2.53. The summed E-state index contributed by atoms with van der Waals surface area (Å²) < 4.78 is 2.81. The molecule has 0 aliphatic carbocycles. The number of aryl methyl sites for hydroxylation is 1. The van der Waals surface area contributed by atoms with Crippen LogP contribution in [0.15, 0.2) is 22.7 Å². The molecule has 2 N–H and O–H groups in total. The number of hydrogen-bond acceptors (Lipinski definition) is 2. The Hall–Kier alpha value is -1.00. The zero-order valence-corrected chi connectivity index (χ0v) is 12.0. The Morgan fingerprint density at radius 1 is 1.41 bits per heavy atom. The van der Waals surface area contributed by atoms with E-state index in [1.54, 1.807) is 0 Å². The van der Waals surface area contributed by atoms with Crippen molar-refractivity contribution in [2.75, 3.05) is 5.73 Å². The Labute approximate surface area is 114 Å². The molecule has 90 valence electrons. The van der Waals surface area contributed by atoms with Gasteiger partial charge in [-0.3, -0.25) is 4.68 Å². The van der Waals surface area contributed by atoms with E-state index in [1.165, 1.54) is 0 Å². The Morgan fingerprint density at radius 2 is 2.12 bits per heavy atom. The van der Waals surface area contributed by atoms with Crippen LogP contribution < -0.4 is 5.73 Å². The molecule has 1 aromatic carbocycles. The van der Waals surface area contributed by atoms with Gasteiger partial charge >= 0.3 is 0 Å². The van der Waals surface area contributed by atoms with E-state index in [1.807, 2.05) is 36.7 Å². The number of aromatic nitrogens is 2. The lowest BCUT2D eigenvalue weighted by Gasteiger charge is -2.08. The molecule has 3 nitrogen and oxygen atoms in total. The van der Waals surface area contributed by atoms with Crippen LogP contribution in [0, 0.1) is 13.8 Å². The highest BCUT2D eigenvalue weighted by atomic mass is 79.9. The monoisotopic (exact) mass is 313 g/mol. The molecule has 0 saturated carbocycles. The van der Waals surface area contributed by atoms with Crippen LogP contribution in [0.2, 0.25) is 5.02 Å². The normalized spacial score (nSPS) is 10.8. The number of rotatable bonds is 2. The number of nitrogens with zero attached hydrogens (tertiary/aromatic N) is 2. The molecule has 0 fully saturated rings. The summed E-state index contributed by atoms with van der Waals surface area (Å²) in [5.74, 6) is 0. The first-order valence-corrected chi connectivity index (χ1v) is 6.40. The minimum absolute atomic E-state index is 0.658. The smallest absolute Gasteiger partial charge is 0.0844 e. The molecule has 0 atom stereocenters. The van der Waals surface area contributed by atoms with Gasteiger partial charge in [0.05, 0.1) is 23.0 Å². The largest absolute Gasteiger partial charge is 0.398 e. The summed E-state index contributed by atoms with van der Waals surface area (Å²) in [6.45, 7) is 4.52. The van der Waals surface area contributed by atoms with Crippen molar-refractivity contribution in [2.24, 2.45) is 0 Å². The van der Waals surface area contributed by atoms with E-state index >= 15 is 0 Å². The van der Waals surface area contributed by atoms with Gasteiger partial charge < -0.3 is 5.73 Å². The van der Waals surface area contributed by atoms with Crippen LogP contribution >= 0.6 is 27.5 Å².